The molecule has 0 spiro atoms. The molecule has 0 saturated carbocycles. The summed E-state index contributed by atoms with van der Waals surface area (Å²) in [6, 6.07) is 13.3. The second kappa shape index (κ2) is 9.86. The van der Waals surface area contributed by atoms with Crippen molar-refractivity contribution in [1.82, 2.24) is 5.32 Å². The second-order valence-corrected chi connectivity index (χ2v) is 6.31. The molecule has 2 atom stereocenters. The van der Waals surface area contributed by atoms with Gasteiger partial charge in [-0.15, -0.1) is 0 Å². The van der Waals surface area contributed by atoms with Gasteiger partial charge >= 0.3 is 0 Å². The van der Waals surface area contributed by atoms with E-state index < -0.39 is 6.10 Å². The summed E-state index contributed by atoms with van der Waals surface area (Å²) in [5.41, 5.74) is 2.05. The number of amides is 1. The SMILES string of the molecule is CCc1ccccc1O[C@@H](C)C(=O)N[C@@H](CC)c1ccc(OC)c(OC)c1. The molecule has 2 aromatic carbocycles. The number of carbonyl (C=O) groups excluding carboxylic acids is 1. The van der Waals surface area contributed by atoms with Crippen molar-refractivity contribution in [3.63, 3.8) is 0 Å². The molecule has 1 amide bonds. The summed E-state index contributed by atoms with van der Waals surface area (Å²) in [5.74, 6) is 1.91. The van der Waals surface area contributed by atoms with Crippen LogP contribution in [0.3, 0.4) is 0 Å². The van der Waals surface area contributed by atoms with Crippen LogP contribution in [0.5, 0.6) is 17.2 Å². The van der Waals surface area contributed by atoms with Crippen LogP contribution in [0.2, 0.25) is 0 Å². The van der Waals surface area contributed by atoms with Gasteiger partial charge in [-0.05, 0) is 49.1 Å². The molecule has 0 fully saturated rings. The minimum Gasteiger partial charge on any atom is -0.493 e. The van der Waals surface area contributed by atoms with E-state index in [1.165, 1.54) is 0 Å². The quantitative estimate of drug-likeness (QED) is 0.714. The highest BCUT2D eigenvalue weighted by atomic mass is 16.5. The third-order valence-corrected chi connectivity index (χ3v) is 4.56. The molecule has 2 rings (SSSR count). The number of carbonyl (C=O) groups is 1. The van der Waals surface area contributed by atoms with Gasteiger partial charge in [0.2, 0.25) is 0 Å². The van der Waals surface area contributed by atoms with Crippen LogP contribution in [0.1, 0.15) is 44.4 Å². The standard InChI is InChI=1S/C22H29NO4/c1-6-16-10-8-9-11-19(16)27-15(3)22(24)23-18(7-2)17-12-13-20(25-4)21(14-17)26-5/h8-15,18H,6-7H2,1-5H3,(H,23,24)/t15-,18-/m0/s1. The molecule has 0 aromatic heterocycles. The highest BCUT2D eigenvalue weighted by molar-refractivity contribution is 5.81. The predicted molar refractivity (Wildman–Crippen MR) is 107 cm³/mol. The summed E-state index contributed by atoms with van der Waals surface area (Å²) in [6.45, 7) is 5.86. The molecule has 146 valence electrons. The Morgan fingerprint density at radius 1 is 1.00 bits per heavy atom. The number of hydrogen-bond donors (Lipinski definition) is 1. The van der Waals surface area contributed by atoms with Gasteiger partial charge in [0, 0.05) is 0 Å². The molecule has 27 heavy (non-hydrogen) atoms. The first-order chi connectivity index (χ1) is 13.0. The summed E-state index contributed by atoms with van der Waals surface area (Å²) in [7, 11) is 3.20. The van der Waals surface area contributed by atoms with Gasteiger partial charge in [-0.25, -0.2) is 0 Å². The van der Waals surface area contributed by atoms with Crippen LogP contribution in [0, 0.1) is 0 Å². The average molecular weight is 371 g/mol. The van der Waals surface area contributed by atoms with Crippen molar-refractivity contribution < 1.29 is 19.0 Å². The molecule has 5 nitrogen and oxygen atoms in total. The van der Waals surface area contributed by atoms with Gasteiger partial charge in [-0.3, -0.25) is 4.79 Å². The summed E-state index contributed by atoms with van der Waals surface area (Å²) >= 11 is 0. The van der Waals surface area contributed by atoms with E-state index in [1.807, 2.05) is 49.4 Å². The minimum absolute atomic E-state index is 0.134. The first-order valence-corrected chi connectivity index (χ1v) is 9.30. The fourth-order valence-corrected chi connectivity index (χ4v) is 2.93. The zero-order valence-corrected chi connectivity index (χ0v) is 16.7. The lowest BCUT2D eigenvalue weighted by Crippen LogP contribution is -2.38. The van der Waals surface area contributed by atoms with Crippen LogP contribution >= 0.6 is 0 Å². The molecule has 0 saturated heterocycles. The van der Waals surface area contributed by atoms with E-state index in [2.05, 4.69) is 12.2 Å². The van der Waals surface area contributed by atoms with Crippen molar-refractivity contribution in [2.45, 2.75) is 45.8 Å². The number of methoxy groups -OCH3 is 2. The predicted octanol–water partition coefficient (Wildman–Crippen LogP) is 4.30. The number of aryl methyl sites for hydroxylation is 1. The molecule has 0 aliphatic carbocycles. The smallest absolute Gasteiger partial charge is 0.261 e. The molecular weight excluding hydrogens is 342 g/mol. The highest BCUT2D eigenvalue weighted by Crippen LogP contribution is 2.31. The van der Waals surface area contributed by atoms with Gasteiger partial charge in [0.15, 0.2) is 17.6 Å². The monoisotopic (exact) mass is 371 g/mol. The van der Waals surface area contributed by atoms with Crippen molar-refractivity contribution in [3.8, 4) is 17.2 Å². The van der Waals surface area contributed by atoms with Crippen LogP contribution in [-0.4, -0.2) is 26.2 Å². The summed E-state index contributed by atoms with van der Waals surface area (Å²) < 4.78 is 16.5. The van der Waals surface area contributed by atoms with E-state index in [9.17, 15) is 4.79 Å². The molecule has 0 aliphatic rings. The van der Waals surface area contributed by atoms with Crippen LogP contribution in [0.15, 0.2) is 42.5 Å². The Bertz CT molecular complexity index is 760. The van der Waals surface area contributed by atoms with E-state index >= 15 is 0 Å². The average Bonchev–Trinajstić information content (AvgIpc) is 2.71. The molecule has 0 heterocycles. The van der Waals surface area contributed by atoms with Gasteiger partial charge in [0.1, 0.15) is 5.75 Å². The summed E-state index contributed by atoms with van der Waals surface area (Å²) in [4.78, 5) is 12.7. The van der Waals surface area contributed by atoms with Crippen molar-refractivity contribution in [3.05, 3.63) is 53.6 Å². The lowest BCUT2D eigenvalue weighted by Gasteiger charge is -2.22. The molecule has 0 radical (unpaired) electrons. The lowest BCUT2D eigenvalue weighted by molar-refractivity contribution is -0.128. The molecule has 0 unspecified atom stereocenters. The number of para-hydroxylation sites is 1. The third-order valence-electron chi connectivity index (χ3n) is 4.56. The van der Waals surface area contributed by atoms with Crippen molar-refractivity contribution in [1.29, 1.82) is 0 Å². The van der Waals surface area contributed by atoms with Gasteiger partial charge in [0.25, 0.3) is 5.91 Å². The van der Waals surface area contributed by atoms with Gasteiger partial charge < -0.3 is 19.5 Å². The zero-order chi connectivity index (χ0) is 19.8. The first-order valence-electron chi connectivity index (χ1n) is 9.30. The van der Waals surface area contributed by atoms with Crippen molar-refractivity contribution in [2.75, 3.05) is 14.2 Å². The largest absolute Gasteiger partial charge is 0.493 e. The fraction of sp³-hybridized carbons (Fsp3) is 0.409. The van der Waals surface area contributed by atoms with Crippen LogP contribution < -0.4 is 19.5 Å². The Morgan fingerprint density at radius 3 is 2.33 bits per heavy atom. The number of nitrogens with one attached hydrogen (secondary N) is 1. The second-order valence-electron chi connectivity index (χ2n) is 6.31. The van der Waals surface area contributed by atoms with Gasteiger partial charge in [-0.2, -0.15) is 0 Å². The third kappa shape index (κ3) is 5.16. The van der Waals surface area contributed by atoms with E-state index in [0.717, 1.165) is 29.7 Å². The molecule has 1 N–H and O–H groups in total. The van der Waals surface area contributed by atoms with Gasteiger partial charge in [0.05, 0.1) is 20.3 Å². The van der Waals surface area contributed by atoms with Crippen LogP contribution in [-0.2, 0) is 11.2 Å². The number of rotatable bonds is 9. The lowest BCUT2D eigenvalue weighted by atomic mass is 10.0. The van der Waals surface area contributed by atoms with Crippen molar-refractivity contribution >= 4 is 5.91 Å². The Kier molecular flexibility index (Phi) is 7.53. The first kappa shape index (κ1) is 20.6. The minimum atomic E-state index is -0.591. The number of hydrogen-bond acceptors (Lipinski definition) is 4. The van der Waals surface area contributed by atoms with Crippen LogP contribution in [0.4, 0.5) is 0 Å². The van der Waals surface area contributed by atoms with Crippen LogP contribution in [0.25, 0.3) is 0 Å². The Labute approximate surface area is 161 Å². The van der Waals surface area contributed by atoms with E-state index in [1.54, 1.807) is 21.1 Å². The Morgan fingerprint density at radius 2 is 1.70 bits per heavy atom. The van der Waals surface area contributed by atoms with Crippen molar-refractivity contribution in [2.24, 2.45) is 0 Å². The maximum absolute atomic E-state index is 12.7. The molecular formula is C22H29NO4. The maximum atomic E-state index is 12.7. The highest BCUT2D eigenvalue weighted by Gasteiger charge is 2.21. The number of benzene rings is 2. The van der Waals surface area contributed by atoms with E-state index in [0.29, 0.717) is 11.5 Å². The van der Waals surface area contributed by atoms with Gasteiger partial charge in [-0.1, -0.05) is 38.1 Å². The van der Waals surface area contributed by atoms with E-state index in [4.69, 9.17) is 14.2 Å². The maximum Gasteiger partial charge on any atom is 0.261 e. The summed E-state index contributed by atoms with van der Waals surface area (Å²) in [6.07, 6.45) is 1.01. The molecule has 5 heteroatoms. The molecule has 0 bridgehead atoms. The number of ether oxygens (including phenoxy) is 3. The normalized spacial score (nSPS) is 12.8. The zero-order valence-electron chi connectivity index (χ0n) is 16.7. The molecule has 0 aliphatic heterocycles. The summed E-state index contributed by atoms with van der Waals surface area (Å²) in [5, 5.41) is 3.07. The molecule has 2 aromatic rings. The van der Waals surface area contributed by atoms with E-state index in [-0.39, 0.29) is 11.9 Å². The topological polar surface area (TPSA) is 56.8 Å². The fourth-order valence-electron chi connectivity index (χ4n) is 2.93. The Hall–Kier alpha value is -2.69. The Balaban J connectivity index is 2.10.